The maximum Gasteiger partial charge on any atom is 0.224 e. The topological polar surface area (TPSA) is 47.0 Å². The maximum atomic E-state index is 12.6. The number of nitrogens with zero attached hydrogens (tertiary/aromatic N) is 2. The lowest BCUT2D eigenvalue weighted by Gasteiger charge is -2.26. The summed E-state index contributed by atoms with van der Waals surface area (Å²) in [6.07, 6.45) is 0. The molecule has 1 aliphatic rings. The number of alkyl halides is 1. The molecule has 0 bridgehead atoms. The van der Waals surface area contributed by atoms with Gasteiger partial charge >= 0.3 is 0 Å². The number of anilines is 1. The second-order valence-corrected chi connectivity index (χ2v) is 5.24. The molecule has 1 unspecified atom stereocenters. The van der Waals surface area contributed by atoms with Gasteiger partial charge in [-0.3, -0.25) is 0 Å². The molecule has 0 amide bonds. The molecule has 0 spiro atoms. The van der Waals surface area contributed by atoms with Crippen molar-refractivity contribution < 1.29 is 9.13 Å². The highest BCUT2D eigenvalue weighted by Gasteiger charge is 2.27. The first-order chi connectivity index (χ1) is 10.2. The van der Waals surface area contributed by atoms with E-state index in [2.05, 4.69) is 15.3 Å². The van der Waals surface area contributed by atoms with Gasteiger partial charge in [0.15, 0.2) is 0 Å². The van der Waals surface area contributed by atoms with Crippen molar-refractivity contribution in [1.82, 2.24) is 9.97 Å². The highest BCUT2D eigenvalue weighted by atomic mass is 35.5. The van der Waals surface area contributed by atoms with Crippen LogP contribution in [0.15, 0.2) is 24.3 Å². The van der Waals surface area contributed by atoms with Gasteiger partial charge in [0, 0.05) is 12.6 Å². The molecule has 2 aromatic rings. The molecule has 3 rings (SSSR count). The minimum absolute atomic E-state index is 0.0185. The summed E-state index contributed by atoms with van der Waals surface area (Å²) in [6.45, 7) is 0.524. The summed E-state index contributed by atoms with van der Waals surface area (Å²) in [5.41, 5.74) is 3.49. The normalized spacial score (nSPS) is 17.4. The van der Waals surface area contributed by atoms with E-state index in [1.54, 1.807) is 19.2 Å². The number of rotatable bonds is 3. The summed E-state index contributed by atoms with van der Waals surface area (Å²) in [5.74, 6) is 0.671. The second kappa shape index (κ2) is 5.95. The fraction of sp³-hybridized carbons (Fsp3) is 0.333. The van der Waals surface area contributed by atoms with E-state index in [0.29, 0.717) is 24.6 Å². The summed E-state index contributed by atoms with van der Waals surface area (Å²) < 4.78 is 18.3. The molecule has 1 aromatic carbocycles. The van der Waals surface area contributed by atoms with Gasteiger partial charge in [-0.1, -0.05) is 24.3 Å². The van der Waals surface area contributed by atoms with Crippen LogP contribution in [0.25, 0.3) is 0 Å². The summed E-state index contributed by atoms with van der Waals surface area (Å²) in [5, 5.41) is 3.23. The van der Waals surface area contributed by atoms with Gasteiger partial charge in [-0.05, 0) is 22.7 Å². The molecule has 1 N–H and O–H groups in total. The number of hydrogen-bond donors (Lipinski definition) is 1. The van der Waals surface area contributed by atoms with Gasteiger partial charge in [0.05, 0.1) is 24.8 Å². The van der Waals surface area contributed by atoms with Crippen LogP contribution < -0.4 is 5.32 Å². The van der Waals surface area contributed by atoms with E-state index < -0.39 is 6.67 Å². The highest BCUT2D eigenvalue weighted by Crippen LogP contribution is 2.34. The standard InChI is InChI=1S/C15H15ClFN3O/c1-18-14-12-8-21-7-11(13(12)19-15(16)20-14)10-4-2-9(6-17)3-5-10/h2-5,11H,6-8H2,1H3,(H,18,19,20). The number of hydrogen-bond acceptors (Lipinski definition) is 4. The average molecular weight is 308 g/mol. The van der Waals surface area contributed by atoms with E-state index in [0.717, 1.165) is 16.8 Å². The number of aromatic nitrogens is 2. The van der Waals surface area contributed by atoms with Gasteiger partial charge in [0.1, 0.15) is 12.5 Å². The Morgan fingerprint density at radius 1 is 1.33 bits per heavy atom. The first-order valence-electron chi connectivity index (χ1n) is 6.69. The third kappa shape index (κ3) is 2.71. The molecule has 4 nitrogen and oxygen atoms in total. The predicted octanol–water partition coefficient (Wildman–Crippen LogP) is 3.30. The van der Waals surface area contributed by atoms with E-state index in [4.69, 9.17) is 16.3 Å². The number of nitrogens with one attached hydrogen (secondary N) is 1. The largest absolute Gasteiger partial charge is 0.376 e. The summed E-state index contributed by atoms with van der Waals surface area (Å²) in [4.78, 5) is 8.56. The molecule has 0 radical (unpaired) electrons. The molecule has 21 heavy (non-hydrogen) atoms. The van der Waals surface area contributed by atoms with Crippen LogP contribution in [0.5, 0.6) is 0 Å². The Kier molecular flexibility index (Phi) is 4.03. The van der Waals surface area contributed by atoms with Gasteiger partial charge in [-0.2, -0.15) is 0 Å². The van der Waals surface area contributed by atoms with Crippen LogP contribution in [-0.2, 0) is 18.0 Å². The predicted molar refractivity (Wildman–Crippen MR) is 79.3 cm³/mol. The average Bonchev–Trinajstić information content (AvgIpc) is 2.53. The molecule has 1 aromatic heterocycles. The Labute approximate surface area is 127 Å². The van der Waals surface area contributed by atoms with Gasteiger partial charge in [0.2, 0.25) is 5.28 Å². The number of benzene rings is 1. The van der Waals surface area contributed by atoms with Crippen LogP contribution in [-0.4, -0.2) is 23.6 Å². The number of halogens is 2. The molecule has 1 aliphatic heterocycles. The summed E-state index contributed by atoms with van der Waals surface area (Å²) in [6, 6.07) is 7.39. The van der Waals surface area contributed by atoms with Crippen LogP contribution in [0, 0.1) is 0 Å². The minimum atomic E-state index is -0.462. The van der Waals surface area contributed by atoms with Crippen LogP contribution in [0.4, 0.5) is 10.2 Å². The van der Waals surface area contributed by atoms with Crippen LogP contribution >= 0.6 is 11.6 Å². The molecule has 0 fully saturated rings. The zero-order valence-corrected chi connectivity index (χ0v) is 12.3. The van der Waals surface area contributed by atoms with E-state index in [1.807, 2.05) is 12.1 Å². The molecule has 0 saturated carbocycles. The molecule has 1 atom stereocenters. The minimum Gasteiger partial charge on any atom is -0.376 e. The lowest BCUT2D eigenvalue weighted by molar-refractivity contribution is 0.0978. The van der Waals surface area contributed by atoms with E-state index >= 15 is 0 Å². The van der Waals surface area contributed by atoms with Crippen LogP contribution in [0.1, 0.15) is 28.3 Å². The Balaban J connectivity index is 2.05. The Bertz CT molecular complexity index is 648. The van der Waals surface area contributed by atoms with E-state index in [9.17, 15) is 4.39 Å². The molecule has 6 heteroatoms. The highest BCUT2D eigenvalue weighted by molar-refractivity contribution is 6.28. The Hall–Kier alpha value is -1.72. The molecular formula is C15H15ClFN3O. The first kappa shape index (κ1) is 14.2. The number of fused-ring (bicyclic) bond motifs is 1. The molecule has 110 valence electrons. The van der Waals surface area contributed by atoms with Crippen molar-refractivity contribution in [2.45, 2.75) is 19.2 Å². The van der Waals surface area contributed by atoms with Gasteiger partial charge in [0.25, 0.3) is 0 Å². The van der Waals surface area contributed by atoms with Gasteiger partial charge < -0.3 is 10.1 Å². The van der Waals surface area contributed by atoms with Crippen molar-refractivity contribution in [2.75, 3.05) is 19.0 Å². The smallest absolute Gasteiger partial charge is 0.224 e. The summed E-state index contributed by atoms with van der Waals surface area (Å²) in [7, 11) is 1.79. The van der Waals surface area contributed by atoms with Crippen molar-refractivity contribution in [1.29, 1.82) is 0 Å². The first-order valence-corrected chi connectivity index (χ1v) is 7.07. The van der Waals surface area contributed by atoms with Crippen molar-refractivity contribution in [2.24, 2.45) is 0 Å². The third-order valence-electron chi connectivity index (χ3n) is 3.65. The van der Waals surface area contributed by atoms with E-state index in [1.165, 1.54) is 0 Å². The molecular weight excluding hydrogens is 293 g/mol. The second-order valence-electron chi connectivity index (χ2n) is 4.90. The molecule has 2 heterocycles. The summed E-state index contributed by atoms with van der Waals surface area (Å²) >= 11 is 6.01. The van der Waals surface area contributed by atoms with Crippen molar-refractivity contribution >= 4 is 17.4 Å². The van der Waals surface area contributed by atoms with Crippen molar-refractivity contribution in [3.05, 3.63) is 51.9 Å². The van der Waals surface area contributed by atoms with Crippen LogP contribution in [0.3, 0.4) is 0 Å². The van der Waals surface area contributed by atoms with Crippen LogP contribution in [0.2, 0.25) is 5.28 Å². The van der Waals surface area contributed by atoms with Crippen molar-refractivity contribution in [3.63, 3.8) is 0 Å². The lowest BCUT2D eigenvalue weighted by atomic mass is 9.91. The Morgan fingerprint density at radius 3 is 2.76 bits per heavy atom. The van der Waals surface area contributed by atoms with E-state index in [-0.39, 0.29) is 11.2 Å². The quantitative estimate of drug-likeness (QED) is 0.884. The SMILES string of the molecule is CNc1nc(Cl)nc2c1COCC2c1ccc(CF)cc1. The van der Waals surface area contributed by atoms with Crippen molar-refractivity contribution in [3.8, 4) is 0 Å². The molecule has 0 aliphatic carbocycles. The maximum absolute atomic E-state index is 12.6. The Morgan fingerprint density at radius 2 is 2.10 bits per heavy atom. The fourth-order valence-corrected chi connectivity index (χ4v) is 2.74. The van der Waals surface area contributed by atoms with Gasteiger partial charge in [-0.25, -0.2) is 14.4 Å². The third-order valence-corrected chi connectivity index (χ3v) is 3.82. The molecule has 0 saturated heterocycles. The lowest BCUT2D eigenvalue weighted by Crippen LogP contribution is -2.21. The zero-order chi connectivity index (χ0) is 14.8. The number of ether oxygens (including phenoxy) is 1. The zero-order valence-electron chi connectivity index (χ0n) is 11.6. The fourth-order valence-electron chi connectivity index (χ4n) is 2.56. The van der Waals surface area contributed by atoms with Gasteiger partial charge in [-0.15, -0.1) is 0 Å². The monoisotopic (exact) mass is 307 g/mol.